The van der Waals surface area contributed by atoms with E-state index in [1.807, 2.05) is 0 Å². The summed E-state index contributed by atoms with van der Waals surface area (Å²) in [5.41, 5.74) is 0. The zero-order valence-electron chi connectivity index (χ0n) is 7.68. The maximum Gasteiger partial charge on any atom is 0.223 e. The summed E-state index contributed by atoms with van der Waals surface area (Å²) in [4.78, 5) is 11.5. The number of fused-ring (bicyclic) bond motifs is 1. The van der Waals surface area contributed by atoms with E-state index in [1.54, 1.807) is 0 Å². The Morgan fingerprint density at radius 2 is 2.17 bits per heavy atom. The van der Waals surface area contributed by atoms with E-state index in [9.17, 15) is 4.79 Å². The lowest BCUT2D eigenvalue weighted by molar-refractivity contribution is -0.123. The molecule has 2 fully saturated rings. The molecule has 0 aromatic carbocycles. The Balaban J connectivity index is 2.10. The van der Waals surface area contributed by atoms with Crippen LogP contribution in [0.5, 0.6) is 0 Å². The Morgan fingerprint density at radius 3 is 2.92 bits per heavy atom. The SMILES string of the molecule is CC[C@@H]1C(=O)N[C@H]2CCCC[C@H]21. The summed E-state index contributed by atoms with van der Waals surface area (Å²) >= 11 is 0. The fourth-order valence-electron chi connectivity index (χ4n) is 2.79. The minimum absolute atomic E-state index is 0.314. The molecule has 2 heteroatoms. The molecule has 68 valence electrons. The van der Waals surface area contributed by atoms with Gasteiger partial charge in [-0.15, -0.1) is 0 Å². The van der Waals surface area contributed by atoms with Crippen molar-refractivity contribution in [1.82, 2.24) is 5.32 Å². The molecule has 0 radical (unpaired) electrons. The van der Waals surface area contributed by atoms with Gasteiger partial charge in [0.05, 0.1) is 0 Å². The average Bonchev–Trinajstić information content (AvgIpc) is 2.40. The second-order valence-electron chi connectivity index (χ2n) is 4.08. The number of hydrogen-bond acceptors (Lipinski definition) is 1. The first-order valence-electron chi connectivity index (χ1n) is 5.13. The molecule has 0 unspecified atom stereocenters. The van der Waals surface area contributed by atoms with Crippen molar-refractivity contribution < 1.29 is 4.79 Å². The van der Waals surface area contributed by atoms with Gasteiger partial charge in [-0.1, -0.05) is 19.8 Å². The Bertz CT molecular complexity index is 190. The number of amides is 1. The lowest BCUT2D eigenvalue weighted by Crippen LogP contribution is -2.31. The third kappa shape index (κ3) is 1.13. The molecule has 1 saturated carbocycles. The Hall–Kier alpha value is -0.530. The Labute approximate surface area is 73.7 Å². The van der Waals surface area contributed by atoms with Crippen molar-refractivity contribution in [2.24, 2.45) is 11.8 Å². The molecule has 1 N–H and O–H groups in total. The predicted molar refractivity (Wildman–Crippen MR) is 47.7 cm³/mol. The molecule has 2 aliphatic rings. The van der Waals surface area contributed by atoms with Gasteiger partial charge in [0.1, 0.15) is 0 Å². The topological polar surface area (TPSA) is 29.1 Å². The van der Waals surface area contributed by atoms with Crippen LogP contribution in [-0.4, -0.2) is 11.9 Å². The third-order valence-electron chi connectivity index (χ3n) is 3.44. The van der Waals surface area contributed by atoms with Crippen molar-refractivity contribution in [2.75, 3.05) is 0 Å². The fourth-order valence-corrected chi connectivity index (χ4v) is 2.79. The van der Waals surface area contributed by atoms with E-state index in [1.165, 1.54) is 25.7 Å². The van der Waals surface area contributed by atoms with Gasteiger partial charge in [0.15, 0.2) is 0 Å². The molecule has 2 rings (SSSR count). The molecule has 2 nitrogen and oxygen atoms in total. The first kappa shape index (κ1) is 8.09. The van der Waals surface area contributed by atoms with Gasteiger partial charge < -0.3 is 5.32 Å². The minimum atomic E-state index is 0.314. The summed E-state index contributed by atoms with van der Waals surface area (Å²) in [6, 6.07) is 0.524. The quantitative estimate of drug-likeness (QED) is 0.632. The van der Waals surface area contributed by atoms with Crippen LogP contribution in [0.1, 0.15) is 39.0 Å². The van der Waals surface area contributed by atoms with Crippen molar-refractivity contribution in [2.45, 2.75) is 45.1 Å². The predicted octanol–water partition coefficient (Wildman–Crippen LogP) is 1.70. The van der Waals surface area contributed by atoms with E-state index in [0.29, 0.717) is 23.8 Å². The Morgan fingerprint density at radius 1 is 1.42 bits per heavy atom. The Kier molecular flexibility index (Phi) is 2.07. The molecule has 1 saturated heterocycles. The number of rotatable bonds is 1. The summed E-state index contributed by atoms with van der Waals surface area (Å²) in [7, 11) is 0. The highest BCUT2D eigenvalue weighted by atomic mass is 16.2. The van der Waals surface area contributed by atoms with Crippen LogP contribution in [0.3, 0.4) is 0 Å². The van der Waals surface area contributed by atoms with Gasteiger partial charge in [0.2, 0.25) is 5.91 Å². The highest BCUT2D eigenvalue weighted by Crippen LogP contribution is 2.36. The molecule has 0 spiro atoms. The molecule has 1 heterocycles. The molecule has 1 aliphatic carbocycles. The fraction of sp³-hybridized carbons (Fsp3) is 0.900. The molecule has 0 aromatic rings. The largest absolute Gasteiger partial charge is 0.353 e. The van der Waals surface area contributed by atoms with Crippen molar-refractivity contribution in [3.8, 4) is 0 Å². The highest BCUT2D eigenvalue weighted by molar-refractivity contribution is 5.81. The van der Waals surface area contributed by atoms with Crippen LogP contribution in [0.15, 0.2) is 0 Å². The van der Waals surface area contributed by atoms with Crippen molar-refractivity contribution in [3.05, 3.63) is 0 Å². The molecule has 1 amide bonds. The van der Waals surface area contributed by atoms with E-state index in [-0.39, 0.29) is 0 Å². The van der Waals surface area contributed by atoms with Crippen molar-refractivity contribution in [3.63, 3.8) is 0 Å². The minimum Gasteiger partial charge on any atom is -0.353 e. The van der Waals surface area contributed by atoms with Crippen LogP contribution in [0.25, 0.3) is 0 Å². The lowest BCUT2D eigenvalue weighted by Gasteiger charge is -2.26. The maximum absolute atomic E-state index is 11.5. The van der Waals surface area contributed by atoms with Crippen LogP contribution < -0.4 is 5.32 Å². The van der Waals surface area contributed by atoms with Crippen LogP contribution in [0.4, 0.5) is 0 Å². The van der Waals surface area contributed by atoms with Crippen molar-refractivity contribution in [1.29, 1.82) is 0 Å². The average molecular weight is 167 g/mol. The molecule has 1 aliphatic heterocycles. The summed E-state index contributed by atoms with van der Waals surface area (Å²) in [6.07, 6.45) is 6.13. The van der Waals surface area contributed by atoms with Gasteiger partial charge in [-0.25, -0.2) is 0 Å². The second kappa shape index (κ2) is 3.08. The van der Waals surface area contributed by atoms with E-state index < -0.39 is 0 Å². The zero-order chi connectivity index (χ0) is 8.55. The third-order valence-corrected chi connectivity index (χ3v) is 3.44. The summed E-state index contributed by atoms with van der Waals surface area (Å²) in [5, 5.41) is 3.12. The zero-order valence-corrected chi connectivity index (χ0v) is 7.68. The lowest BCUT2D eigenvalue weighted by atomic mass is 9.79. The van der Waals surface area contributed by atoms with Gasteiger partial charge in [-0.2, -0.15) is 0 Å². The van der Waals surface area contributed by atoms with Gasteiger partial charge in [-0.3, -0.25) is 4.79 Å². The summed E-state index contributed by atoms with van der Waals surface area (Å²) in [5.74, 6) is 1.31. The van der Waals surface area contributed by atoms with E-state index in [0.717, 1.165) is 6.42 Å². The molecule has 0 aromatic heterocycles. The number of carbonyl (C=O) groups is 1. The molecule has 0 bridgehead atoms. The molecular formula is C10H17NO. The number of carbonyl (C=O) groups excluding carboxylic acids is 1. The molecule has 3 atom stereocenters. The first-order chi connectivity index (χ1) is 5.83. The normalized spacial score (nSPS) is 40.8. The number of hydrogen-bond donors (Lipinski definition) is 1. The standard InChI is InChI=1S/C10H17NO/c1-2-7-8-5-3-4-6-9(8)11-10(7)12/h7-9H,2-6H2,1H3,(H,11,12)/t7-,8-,9-/m0/s1. The van der Waals surface area contributed by atoms with Crippen molar-refractivity contribution >= 4 is 5.91 Å². The summed E-state index contributed by atoms with van der Waals surface area (Å²) < 4.78 is 0. The number of nitrogens with one attached hydrogen (secondary N) is 1. The van der Waals surface area contributed by atoms with Crippen LogP contribution in [0.2, 0.25) is 0 Å². The smallest absolute Gasteiger partial charge is 0.223 e. The molecular weight excluding hydrogens is 150 g/mol. The van der Waals surface area contributed by atoms with E-state index in [4.69, 9.17) is 0 Å². The maximum atomic E-state index is 11.5. The van der Waals surface area contributed by atoms with Crippen LogP contribution in [-0.2, 0) is 4.79 Å². The van der Waals surface area contributed by atoms with Gasteiger partial charge >= 0.3 is 0 Å². The summed E-state index contributed by atoms with van der Waals surface area (Å²) in [6.45, 7) is 2.13. The monoisotopic (exact) mass is 167 g/mol. The van der Waals surface area contributed by atoms with E-state index >= 15 is 0 Å². The van der Waals surface area contributed by atoms with Gasteiger partial charge in [0, 0.05) is 12.0 Å². The first-order valence-corrected chi connectivity index (χ1v) is 5.13. The van der Waals surface area contributed by atoms with Crippen LogP contribution in [0, 0.1) is 11.8 Å². The highest BCUT2D eigenvalue weighted by Gasteiger charge is 2.41. The van der Waals surface area contributed by atoms with Crippen LogP contribution >= 0.6 is 0 Å². The van der Waals surface area contributed by atoms with E-state index in [2.05, 4.69) is 12.2 Å². The van der Waals surface area contributed by atoms with Gasteiger partial charge in [-0.05, 0) is 25.2 Å². The second-order valence-corrected chi connectivity index (χ2v) is 4.08. The van der Waals surface area contributed by atoms with Gasteiger partial charge in [0.25, 0.3) is 0 Å². The molecule has 12 heavy (non-hydrogen) atoms.